The minimum absolute atomic E-state index is 0.352. The molecule has 1 fully saturated rings. The first-order chi connectivity index (χ1) is 9.92. The number of sulfonamides is 1. The van der Waals surface area contributed by atoms with E-state index in [1.165, 1.54) is 15.6 Å². The maximum absolute atomic E-state index is 12.4. The van der Waals surface area contributed by atoms with E-state index in [-0.39, 0.29) is 0 Å². The largest absolute Gasteiger partial charge is 0.340 e. The van der Waals surface area contributed by atoms with E-state index in [1.54, 1.807) is 24.4 Å². The van der Waals surface area contributed by atoms with Crippen molar-refractivity contribution >= 4 is 21.4 Å². The lowest BCUT2D eigenvalue weighted by atomic mass is 9.89. The molecule has 1 aliphatic rings. The third-order valence-corrected chi connectivity index (χ3v) is 6.95. The predicted molar refractivity (Wildman–Crippen MR) is 77.2 cm³/mol. The molecule has 0 spiro atoms. The molecule has 1 saturated heterocycles. The summed E-state index contributed by atoms with van der Waals surface area (Å²) in [4.78, 5) is 4.17. The van der Waals surface area contributed by atoms with Crippen LogP contribution in [0.25, 0.3) is 0 Å². The van der Waals surface area contributed by atoms with Gasteiger partial charge >= 0.3 is 0 Å². The Kier molecular flexibility index (Phi) is 3.60. The Morgan fingerprint density at radius 2 is 2.14 bits per heavy atom. The first-order valence-corrected chi connectivity index (χ1v) is 8.87. The average Bonchev–Trinajstić information content (AvgIpc) is 3.10. The van der Waals surface area contributed by atoms with Crippen LogP contribution in [0.1, 0.15) is 24.6 Å². The van der Waals surface area contributed by atoms with E-state index in [2.05, 4.69) is 10.1 Å². The molecule has 0 bridgehead atoms. The monoisotopic (exact) mass is 328 g/mol. The van der Waals surface area contributed by atoms with Gasteiger partial charge in [0.2, 0.25) is 5.89 Å². The van der Waals surface area contributed by atoms with Crippen LogP contribution in [-0.4, -0.2) is 36.0 Å². The zero-order valence-electron chi connectivity index (χ0n) is 11.5. The number of aryl methyl sites for hydroxylation is 1. The summed E-state index contributed by atoms with van der Waals surface area (Å²) in [5, 5.41) is 5.63. The van der Waals surface area contributed by atoms with Crippen molar-refractivity contribution in [2.75, 3.05) is 13.1 Å². The molecule has 7 nitrogen and oxygen atoms in total. The fourth-order valence-corrected chi connectivity index (χ4v) is 4.97. The second kappa shape index (κ2) is 5.16. The van der Waals surface area contributed by atoms with E-state index < -0.39 is 15.6 Å². The Balaban J connectivity index is 1.76. The molecule has 21 heavy (non-hydrogen) atoms. The van der Waals surface area contributed by atoms with Crippen molar-refractivity contribution in [1.82, 2.24) is 14.4 Å². The van der Waals surface area contributed by atoms with E-state index in [0.29, 0.717) is 41.9 Å². The Hall–Kier alpha value is -1.29. The number of hydrogen-bond acceptors (Lipinski definition) is 7. The predicted octanol–water partition coefficient (Wildman–Crippen LogP) is 1.08. The molecule has 0 saturated carbocycles. The summed E-state index contributed by atoms with van der Waals surface area (Å²) in [5.41, 5.74) is 5.59. The SMILES string of the molecule is Cc1nc(C2(N)CCN(S(=O)(=O)c3cccs3)CC2)no1. The molecule has 114 valence electrons. The number of piperidine rings is 1. The summed E-state index contributed by atoms with van der Waals surface area (Å²) < 4.78 is 31.7. The summed E-state index contributed by atoms with van der Waals surface area (Å²) in [7, 11) is -3.41. The van der Waals surface area contributed by atoms with E-state index in [4.69, 9.17) is 10.3 Å². The van der Waals surface area contributed by atoms with Crippen LogP contribution in [0, 0.1) is 6.92 Å². The zero-order valence-corrected chi connectivity index (χ0v) is 13.2. The average molecular weight is 328 g/mol. The summed E-state index contributed by atoms with van der Waals surface area (Å²) in [6.07, 6.45) is 0.938. The summed E-state index contributed by atoms with van der Waals surface area (Å²) in [6.45, 7) is 2.41. The fraction of sp³-hybridized carbons (Fsp3) is 0.500. The van der Waals surface area contributed by atoms with Gasteiger partial charge in [0, 0.05) is 20.0 Å². The van der Waals surface area contributed by atoms with E-state index in [9.17, 15) is 8.42 Å². The molecular formula is C12H16N4O3S2. The molecule has 2 aromatic rings. The number of aromatic nitrogens is 2. The van der Waals surface area contributed by atoms with Gasteiger partial charge in [0.1, 0.15) is 4.21 Å². The van der Waals surface area contributed by atoms with E-state index in [1.807, 2.05) is 0 Å². The van der Waals surface area contributed by atoms with Crippen molar-refractivity contribution in [2.24, 2.45) is 5.73 Å². The van der Waals surface area contributed by atoms with E-state index in [0.717, 1.165) is 0 Å². The van der Waals surface area contributed by atoms with E-state index >= 15 is 0 Å². The maximum Gasteiger partial charge on any atom is 0.252 e. The highest BCUT2D eigenvalue weighted by atomic mass is 32.2. The lowest BCUT2D eigenvalue weighted by Crippen LogP contribution is -2.50. The molecule has 9 heteroatoms. The lowest BCUT2D eigenvalue weighted by molar-refractivity contribution is 0.223. The molecule has 0 atom stereocenters. The van der Waals surface area contributed by atoms with Gasteiger partial charge in [-0.15, -0.1) is 11.3 Å². The van der Waals surface area contributed by atoms with Crippen molar-refractivity contribution in [3.8, 4) is 0 Å². The summed E-state index contributed by atoms with van der Waals surface area (Å²) in [6, 6.07) is 3.35. The molecule has 2 aromatic heterocycles. The smallest absolute Gasteiger partial charge is 0.252 e. The lowest BCUT2D eigenvalue weighted by Gasteiger charge is -2.36. The molecule has 3 heterocycles. The topological polar surface area (TPSA) is 102 Å². The molecule has 0 aliphatic carbocycles. The third kappa shape index (κ3) is 2.61. The highest BCUT2D eigenvalue weighted by Crippen LogP contribution is 2.31. The van der Waals surface area contributed by atoms with Crippen molar-refractivity contribution in [1.29, 1.82) is 0 Å². The van der Waals surface area contributed by atoms with Gasteiger partial charge in [0.25, 0.3) is 10.0 Å². The van der Waals surface area contributed by atoms with Gasteiger partial charge < -0.3 is 10.3 Å². The Labute approximate surface area is 126 Å². The normalized spacial score (nSPS) is 19.7. The van der Waals surface area contributed by atoms with Gasteiger partial charge in [-0.05, 0) is 24.3 Å². The number of thiophene rings is 1. The summed E-state index contributed by atoms with van der Waals surface area (Å²) in [5.74, 6) is 0.914. The Morgan fingerprint density at radius 1 is 1.43 bits per heavy atom. The van der Waals surface area contributed by atoms with Crippen LogP contribution in [0.3, 0.4) is 0 Å². The van der Waals surface area contributed by atoms with Gasteiger partial charge in [-0.1, -0.05) is 11.2 Å². The molecule has 0 amide bonds. The molecule has 1 aliphatic heterocycles. The molecule has 0 aromatic carbocycles. The number of rotatable bonds is 3. The second-order valence-corrected chi connectivity index (χ2v) is 8.24. The van der Waals surface area contributed by atoms with Gasteiger partial charge in [0.05, 0.1) is 5.54 Å². The van der Waals surface area contributed by atoms with Gasteiger partial charge in [-0.2, -0.15) is 9.29 Å². The van der Waals surface area contributed by atoms with Gasteiger partial charge in [0.15, 0.2) is 5.82 Å². The van der Waals surface area contributed by atoms with Crippen LogP contribution < -0.4 is 5.73 Å². The molecule has 3 rings (SSSR count). The standard InChI is InChI=1S/C12H16N4O3S2/c1-9-14-11(15-19-9)12(13)4-6-16(7-5-12)21(17,18)10-3-2-8-20-10/h2-3,8H,4-7,13H2,1H3. The molecule has 0 radical (unpaired) electrons. The maximum atomic E-state index is 12.4. The zero-order chi connectivity index (χ0) is 15.1. The molecule has 0 unspecified atom stereocenters. The van der Waals surface area contributed by atoms with Crippen LogP contribution in [0.2, 0.25) is 0 Å². The highest BCUT2D eigenvalue weighted by molar-refractivity contribution is 7.91. The Morgan fingerprint density at radius 3 is 2.67 bits per heavy atom. The van der Waals surface area contributed by atoms with Crippen molar-refractivity contribution < 1.29 is 12.9 Å². The first-order valence-electron chi connectivity index (χ1n) is 6.55. The number of hydrogen-bond donors (Lipinski definition) is 1. The van der Waals surface area contributed by atoms with Crippen molar-refractivity contribution in [3.05, 3.63) is 29.2 Å². The molecule has 2 N–H and O–H groups in total. The van der Waals surface area contributed by atoms with Crippen molar-refractivity contribution in [3.63, 3.8) is 0 Å². The fourth-order valence-electron chi connectivity index (χ4n) is 2.39. The third-order valence-electron chi connectivity index (χ3n) is 3.68. The summed E-state index contributed by atoms with van der Waals surface area (Å²) >= 11 is 1.22. The minimum Gasteiger partial charge on any atom is -0.340 e. The van der Waals surface area contributed by atoms with Crippen LogP contribution >= 0.6 is 11.3 Å². The highest BCUT2D eigenvalue weighted by Gasteiger charge is 2.40. The van der Waals surface area contributed by atoms with Crippen LogP contribution in [0.4, 0.5) is 0 Å². The van der Waals surface area contributed by atoms with Gasteiger partial charge in [-0.25, -0.2) is 8.42 Å². The quantitative estimate of drug-likeness (QED) is 0.904. The van der Waals surface area contributed by atoms with Gasteiger partial charge in [-0.3, -0.25) is 0 Å². The van der Waals surface area contributed by atoms with Crippen LogP contribution in [-0.2, 0) is 15.6 Å². The molecular weight excluding hydrogens is 312 g/mol. The second-order valence-electron chi connectivity index (χ2n) is 5.13. The van der Waals surface area contributed by atoms with Crippen LogP contribution in [0.5, 0.6) is 0 Å². The van der Waals surface area contributed by atoms with Crippen LogP contribution in [0.15, 0.2) is 26.2 Å². The van der Waals surface area contributed by atoms with Crippen molar-refractivity contribution in [2.45, 2.75) is 29.5 Å². The number of nitrogens with zero attached hydrogens (tertiary/aromatic N) is 3. The first kappa shape index (κ1) is 14.6. The minimum atomic E-state index is -3.41. The number of nitrogens with two attached hydrogens (primary N) is 1. The Bertz CT molecular complexity index is 716.